The number of rotatable bonds is 4. The lowest BCUT2D eigenvalue weighted by atomic mass is 10.1. The predicted octanol–water partition coefficient (Wildman–Crippen LogP) is 1.54. The quantitative estimate of drug-likeness (QED) is 0.881. The van der Waals surface area contributed by atoms with Crippen LogP contribution in [0.5, 0.6) is 0 Å². The number of hydrogen-bond donors (Lipinski definition) is 2. The number of carbonyl (C=O) groups is 1. The van der Waals surface area contributed by atoms with E-state index in [9.17, 15) is 9.90 Å². The lowest BCUT2D eigenvalue weighted by molar-refractivity contribution is -0.124. The van der Waals surface area contributed by atoms with Crippen molar-refractivity contribution in [1.29, 1.82) is 0 Å². The maximum absolute atomic E-state index is 11.8. The summed E-state index contributed by atoms with van der Waals surface area (Å²) in [5, 5.41) is 13.2. The third kappa shape index (κ3) is 4.20. The maximum Gasteiger partial charge on any atom is 0.220 e. The molecule has 1 fully saturated rings. The molecule has 104 valence electrons. The summed E-state index contributed by atoms with van der Waals surface area (Å²) < 4.78 is 5.12. The first kappa shape index (κ1) is 14.3. The first-order chi connectivity index (χ1) is 9.16. The van der Waals surface area contributed by atoms with Crippen LogP contribution in [0.4, 0.5) is 0 Å². The molecule has 5 heteroatoms. The van der Waals surface area contributed by atoms with Crippen molar-refractivity contribution in [2.24, 2.45) is 0 Å². The summed E-state index contributed by atoms with van der Waals surface area (Å²) >= 11 is 6.03. The molecule has 1 amide bonds. The van der Waals surface area contributed by atoms with Crippen LogP contribution in [0.15, 0.2) is 24.3 Å². The zero-order valence-corrected chi connectivity index (χ0v) is 11.4. The van der Waals surface area contributed by atoms with Crippen molar-refractivity contribution in [2.45, 2.75) is 31.4 Å². The van der Waals surface area contributed by atoms with Gasteiger partial charge in [0.1, 0.15) is 0 Å². The van der Waals surface area contributed by atoms with Crippen LogP contribution < -0.4 is 5.32 Å². The second-order valence-corrected chi connectivity index (χ2v) is 5.10. The van der Waals surface area contributed by atoms with Crippen LogP contribution in [0.3, 0.4) is 0 Å². The molecule has 19 heavy (non-hydrogen) atoms. The number of aryl methyl sites for hydroxylation is 1. The molecule has 2 atom stereocenters. The van der Waals surface area contributed by atoms with Crippen molar-refractivity contribution < 1.29 is 14.6 Å². The van der Waals surface area contributed by atoms with E-state index in [2.05, 4.69) is 5.32 Å². The Labute approximate surface area is 117 Å². The molecule has 2 rings (SSSR count). The van der Waals surface area contributed by atoms with Crippen LogP contribution in [-0.2, 0) is 16.0 Å². The Balaban J connectivity index is 1.80. The zero-order valence-electron chi connectivity index (χ0n) is 10.6. The van der Waals surface area contributed by atoms with E-state index in [1.807, 2.05) is 24.3 Å². The van der Waals surface area contributed by atoms with Crippen LogP contribution in [0.2, 0.25) is 5.02 Å². The van der Waals surface area contributed by atoms with Crippen molar-refractivity contribution in [2.75, 3.05) is 13.2 Å². The predicted molar refractivity (Wildman–Crippen MR) is 73.1 cm³/mol. The molecule has 0 saturated carbocycles. The van der Waals surface area contributed by atoms with Crippen LogP contribution in [0.1, 0.15) is 18.4 Å². The molecular formula is C14H18ClNO3. The number of nitrogens with one attached hydrogen (secondary N) is 1. The van der Waals surface area contributed by atoms with Gasteiger partial charge in [0.15, 0.2) is 0 Å². The Hall–Kier alpha value is -1.10. The number of benzene rings is 1. The average Bonchev–Trinajstić information content (AvgIpc) is 2.40. The van der Waals surface area contributed by atoms with Gasteiger partial charge in [-0.3, -0.25) is 4.79 Å². The van der Waals surface area contributed by atoms with Gasteiger partial charge in [0.25, 0.3) is 0 Å². The summed E-state index contributed by atoms with van der Waals surface area (Å²) in [7, 11) is 0. The van der Waals surface area contributed by atoms with Crippen molar-refractivity contribution in [3.63, 3.8) is 0 Å². The topological polar surface area (TPSA) is 58.6 Å². The largest absolute Gasteiger partial charge is 0.389 e. The molecule has 0 spiro atoms. The van der Waals surface area contributed by atoms with Crippen LogP contribution in [-0.4, -0.2) is 36.4 Å². The van der Waals surface area contributed by atoms with Gasteiger partial charge < -0.3 is 15.2 Å². The van der Waals surface area contributed by atoms with Crippen molar-refractivity contribution in [3.8, 4) is 0 Å². The number of amides is 1. The number of halogens is 1. The minimum absolute atomic E-state index is 0.0640. The summed E-state index contributed by atoms with van der Waals surface area (Å²) in [5.74, 6) is -0.0640. The summed E-state index contributed by atoms with van der Waals surface area (Å²) in [6, 6.07) is 7.30. The molecule has 2 N–H and O–H groups in total. The van der Waals surface area contributed by atoms with Gasteiger partial charge in [-0.1, -0.05) is 29.8 Å². The van der Waals surface area contributed by atoms with Gasteiger partial charge in [-0.15, -0.1) is 0 Å². The Morgan fingerprint density at radius 2 is 2.26 bits per heavy atom. The number of hydrogen-bond acceptors (Lipinski definition) is 3. The highest BCUT2D eigenvalue weighted by atomic mass is 35.5. The monoisotopic (exact) mass is 283 g/mol. The summed E-state index contributed by atoms with van der Waals surface area (Å²) in [6.45, 7) is 0.863. The SMILES string of the molecule is O=C(CCc1ccccc1Cl)N[C@@H]1CCOC[C@H]1O. The lowest BCUT2D eigenvalue weighted by Crippen LogP contribution is -2.48. The molecule has 4 nitrogen and oxygen atoms in total. The summed E-state index contributed by atoms with van der Waals surface area (Å²) in [5.41, 5.74) is 0.965. The molecule has 0 unspecified atom stereocenters. The van der Waals surface area contributed by atoms with E-state index in [1.165, 1.54) is 0 Å². The fourth-order valence-electron chi connectivity index (χ4n) is 2.12. The average molecular weight is 284 g/mol. The third-order valence-corrected chi connectivity index (χ3v) is 3.62. The Morgan fingerprint density at radius 1 is 1.47 bits per heavy atom. The smallest absolute Gasteiger partial charge is 0.220 e. The molecule has 1 heterocycles. The van der Waals surface area contributed by atoms with Gasteiger partial charge in [0, 0.05) is 18.1 Å². The number of aliphatic hydroxyl groups is 1. The second-order valence-electron chi connectivity index (χ2n) is 4.70. The van der Waals surface area contributed by atoms with Crippen LogP contribution >= 0.6 is 11.6 Å². The normalized spacial score (nSPS) is 23.1. The highest BCUT2D eigenvalue weighted by molar-refractivity contribution is 6.31. The molecule has 1 aliphatic heterocycles. The molecule has 0 radical (unpaired) electrons. The first-order valence-corrected chi connectivity index (χ1v) is 6.83. The van der Waals surface area contributed by atoms with E-state index in [4.69, 9.17) is 16.3 Å². The minimum atomic E-state index is -0.613. The van der Waals surface area contributed by atoms with Crippen LogP contribution in [0, 0.1) is 0 Å². The van der Waals surface area contributed by atoms with Crippen molar-refractivity contribution in [3.05, 3.63) is 34.9 Å². The van der Waals surface area contributed by atoms with Crippen molar-refractivity contribution >= 4 is 17.5 Å². The summed E-state index contributed by atoms with van der Waals surface area (Å²) in [4.78, 5) is 11.8. The summed E-state index contributed by atoms with van der Waals surface area (Å²) in [6.07, 6.45) is 1.01. The number of ether oxygens (including phenoxy) is 1. The number of carbonyl (C=O) groups excluding carboxylic acids is 1. The lowest BCUT2D eigenvalue weighted by Gasteiger charge is -2.28. The van der Waals surface area contributed by atoms with Gasteiger partial charge in [-0.25, -0.2) is 0 Å². The minimum Gasteiger partial charge on any atom is -0.389 e. The van der Waals surface area contributed by atoms with E-state index < -0.39 is 6.10 Å². The Bertz CT molecular complexity index is 438. The Morgan fingerprint density at radius 3 is 3.00 bits per heavy atom. The molecule has 1 aliphatic rings. The fraction of sp³-hybridized carbons (Fsp3) is 0.500. The third-order valence-electron chi connectivity index (χ3n) is 3.25. The van der Waals surface area contributed by atoms with Gasteiger partial charge in [-0.2, -0.15) is 0 Å². The number of aliphatic hydroxyl groups excluding tert-OH is 1. The molecule has 1 saturated heterocycles. The van der Waals surface area contributed by atoms with E-state index in [0.29, 0.717) is 30.9 Å². The highest BCUT2D eigenvalue weighted by Gasteiger charge is 2.24. The first-order valence-electron chi connectivity index (χ1n) is 6.45. The molecule has 0 bridgehead atoms. The van der Waals surface area contributed by atoms with Crippen molar-refractivity contribution in [1.82, 2.24) is 5.32 Å². The van der Waals surface area contributed by atoms with Gasteiger partial charge >= 0.3 is 0 Å². The van der Waals surface area contributed by atoms with E-state index in [1.54, 1.807) is 0 Å². The molecule has 0 aromatic heterocycles. The molecule has 1 aromatic carbocycles. The molecule has 0 aliphatic carbocycles. The highest BCUT2D eigenvalue weighted by Crippen LogP contribution is 2.16. The van der Waals surface area contributed by atoms with Gasteiger partial charge in [0.05, 0.1) is 18.8 Å². The van der Waals surface area contributed by atoms with Crippen LogP contribution in [0.25, 0.3) is 0 Å². The fourth-order valence-corrected chi connectivity index (χ4v) is 2.35. The van der Waals surface area contributed by atoms with Gasteiger partial charge in [-0.05, 0) is 24.5 Å². The standard InChI is InChI=1S/C14H18ClNO3/c15-11-4-2-1-3-10(11)5-6-14(18)16-12-7-8-19-9-13(12)17/h1-4,12-13,17H,5-9H2,(H,16,18)/t12-,13-/m1/s1. The van der Waals surface area contributed by atoms with E-state index in [-0.39, 0.29) is 18.6 Å². The maximum atomic E-state index is 11.8. The van der Waals surface area contributed by atoms with E-state index >= 15 is 0 Å². The molecular weight excluding hydrogens is 266 g/mol. The second kappa shape index (κ2) is 6.89. The van der Waals surface area contributed by atoms with E-state index in [0.717, 1.165) is 5.56 Å². The Kier molecular flexibility index (Phi) is 5.19. The molecule has 1 aromatic rings. The van der Waals surface area contributed by atoms with Gasteiger partial charge in [0.2, 0.25) is 5.91 Å². The zero-order chi connectivity index (χ0) is 13.7.